The summed E-state index contributed by atoms with van der Waals surface area (Å²) in [5, 5.41) is 3.21. The number of nitrogens with zero attached hydrogens (tertiary/aromatic N) is 3. The molecule has 94 valence electrons. The predicted octanol–water partition coefficient (Wildman–Crippen LogP) is 2.46. The predicted molar refractivity (Wildman–Crippen MR) is 74.9 cm³/mol. The van der Waals surface area contributed by atoms with E-state index in [0.29, 0.717) is 5.95 Å². The van der Waals surface area contributed by atoms with E-state index in [1.807, 2.05) is 20.2 Å². The molecule has 0 amide bonds. The highest BCUT2D eigenvalue weighted by molar-refractivity contribution is 5.50. The zero-order valence-corrected chi connectivity index (χ0v) is 11.0. The molecule has 1 aromatic carbocycles. The Morgan fingerprint density at radius 2 is 1.89 bits per heavy atom. The third-order valence-corrected chi connectivity index (χ3v) is 2.85. The van der Waals surface area contributed by atoms with Gasteiger partial charge < -0.3 is 10.2 Å². The maximum Gasteiger partial charge on any atom is 0.222 e. The first-order valence-electron chi connectivity index (χ1n) is 5.94. The molecule has 18 heavy (non-hydrogen) atoms. The van der Waals surface area contributed by atoms with Crippen molar-refractivity contribution in [1.29, 1.82) is 0 Å². The molecule has 0 bridgehead atoms. The van der Waals surface area contributed by atoms with Crippen LogP contribution in [0.2, 0.25) is 0 Å². The van der Waals surface area contributed by atoms with Crippen LogP contribution in [0.4, 0.5) is 11.6 Å². The summed E-state index contributed by atoms with van der Waals surface area (Å²) < 4.78 is 0. The van der Waals surface area contributed by atoms with Gasteiger partial charge in [-0.05, 0) is 36.2 Å². The first kappa shape index (κ1) is 12.4. The molecule has 0 atom stereocenters. The quantitative estimate of drug-likeness (QED) is 0.894. The summed E-state index contributed by atoms with van der Waals surface area (Å²) in [4.78, 5) is 10.4. The summed E-state index contributed by atoms with van der Waals surface area (Å²) in [7, 11) is 4.09. The van der Waals surface area contributed by atoms with Crippen LogP contribution < -0.4 is 10.2 Å². The van der Waals surface area contributed by atoms with Crippen LogP contribution in [0, 0.1) is 6.92 Å². The molecule has 1 aromatic heterocycles. The Balaban J connectivity index is 2.06. The van der Waals surface area contributed by atoms with Crippen molar-refractivity contribution in [2.75, 3.05) is 24.3 Å². The minimum Gasteiger partial charge on any atom is -0.378 e. The molecule has 2 aromatic rings. The fourth-order valence-corrected chi connectivity index (χ4v) is 1.72. The molecule has 0 aliphatic heterocycles. The Hall–Kier alpha value is -2.10. The molecule has 0 aliphatic rings. The summed E-state index contributed by atoms with van der Waals surface area (Å²) in [5.41, 5.74) is 3.74. The Morgan fingerprint density at radius 3 is 2.50 bits per heavy atom. The summed E-state index contributed by atoms with van der Waals surface area (Å²) >= 11 is 0. The lowest BCUT2D eigenvalue weighted by atomic mass is 10.1. The van der Waals surface area contributed by atoms with Crippen molar-refractivity contribution in [3.05, 3.63) is 47.8 Å². The molecule has 0 radical (unpaired) electrons. The summed E-state index contributed by atoms with van der Waals surface area (Å²) in [6, 6.07) is 8.25. The molecule has 0 aliphatic carbocycles. The highest BCUT2D eigenvalue weighted by Crippen LogP contribution is 2.17. The normalized spacial score (nSPS) is 10.2. The van der Waals surface area contributed by atoms with E-state index in [2.05, 4.69) is 45.3 Å². The van der Waals surface area contributed by atoms with Crippen molar-refractivity contribution in [3.8, 4) is 0 Å². The third-order valence-electron chi connectivity index (χ3n) is 2.85. The average Bonchev–Trinajstić information content (AvgIpc) is 2.38. The number of aryl methyl sites for hydroxylation is 1. The zero-order chi connectivity index (χ0) is 13.0. The summed E-state index contributed by atoms with van der Waals surface area (Å²) in [6.07, 6.45) is 3.47. The van der Waals surface area contributed by atoms with E-state index < -0.39 is 0 Å². The number of anilines is 2. The van der Waals surface area contributed by atoms with E-state index >= 15 is 0 Å². The maximum atomic E-state index is 4.14. The van der Waals surface area contributed by atoms with Crippen molar-refractivity contribution in [1.82, 2.24) is 9.97 Å². The molecule has 1 N–H and O–H groups in total. The van der Waals surface area contributed by atoms with Crippen LogP contribution >= 0.6 is 0 Å². The Bertz CT molecular complexity index is 508. The molecule has 4 heteroatoms. The molecule has 2 rings (SSSR count). The highest BCUT2D eigenvalue weighted by atomic mass is 15.1. The largest absolute Gasteiger partial charge is 0.378 e. The average molecular weight is 242 g/mol. The summed E-state index contributed by atoms with van der Waals surface area (Å²) in [5.74, 6) is 0.661. The van der Waals surface area contributed by atoms with Crippen molar-refractivity contribution in [2.45, 2.75) is 13.5 Å². The second-order valence-electron chi connectivity index (χ2n) is 4.43. The van der Waals surface area contributed by atoms with Gasteiger partial charge in [-0.3, -0.25) is 0 Å². The summed E-state index contributed by atoms with van der Waals surface area (Å²) in [6.45, 7) is 2.86. The van der Waals surface area contributed by atoms with Gasteiger partial charge in [-0.2, -0.15) is 0 Å². The monoisotopic (exact) mass is 242 g/mol. The Morgan fingerprint density at radius 1 is 1.17 bits per heavy atom. The Kier molecular flexibility index (Phi) is 3.77. The van der Waals surface area contributed by atoms with Crippen molar-refractivity contribution >= 4 is 11.6 Å². The lowest BCUT2D eigenvalue weighted by Gasteiger charge is -2.15. The number of rotatable bonds is 4. The molecule has 1 heterocycles. The molecule has 0 saturated carbocycles. The Labute approximate surface area is 108 Å². The molecule has 0 unspecified atom stereocenters. The molecular weight excluding hydrogens is 224 g/mol. The fourth-order valence-electron chi connectivity index (χ4n) is 1.72. The molecular formula is C14H18N4. The van der Waals surface area contributed by atoms with Gasteiger partial charge in [0.2, 0.25) is 5.95 Å². The number of benzene rings is 1. The van der Waals surface area contributed by atoms with Crippen LogP contribution in [0.25, 0.3) is 0 Å². The van der Waals surface area contributed by atoms with Gasteiger partial charge in [0.25, 0.3) is 0 Å². The first-order valence-corrected chi connectivity index (χ1v) is 5.94. The minimum atomic E-state index is 0.661. The van der Waals surface area contributed by atoms with E-state index in [-0.39, 0.29) is 0 Å². The fraction of sp³-hybridized carbons (Fsp3) is 0.286. The molecule has 0 spiro atoms. The van der Waals surface area contributed by atoms with Crippen LogP contribution in [-0.2, 0) is 6.54 Å². The van der Waals surface area contributed by atoms with Gasteiger partial charge >= 0.3 is 0 Å². The first-order chi connectivity index (χ1) is 8.66. The van der Waals surface area contributed by atoms with Crippen LogP contribution in [0.3, 0.4) is 0 Å². The van der Waals surface area contributed by atoms with Gasteiger partial charge in [0.05, 0.1) is 0 Å². The van der Waals surface area contributed by atoms with Crippen LogP contribution in [0.15, 0.2) is 36.7 Å². The van der Waals surface area contributed by atoms with Crippen LogP contribution in [0.5, 0.6) is 0 Å². The van der Waals surface area contributed by atoms with Crippen LogP contribution in [0.1, 0.15) is 11.1 Å². The van der Waals surface area contributed by atoms with E-state index in [1.54, 1.807) is 12.4 Å². The van der Waals surface area contributed by atoms with Gasteiger partial charge in [-0.25, -0.2) is 9.97 Å². The van der Waals surface area contributed by atoms with Gasteiger partial charge in [-0.15, -0.1) is 0 Å². The maximum absolute atomic E-state index is 4.14. The number of nitrogens with one attached hydrogen (secondary N) is 1. The van der Waals surface area contributed by atoms with Gasteiger partial charge in [0.15, 0.2) is 0 Å². The van der Waals surface area contributed by atoms with Gasteiger partial charge in [0.1, 0.15) is 0 Å². The van der Waals surface area contributed by atoms with Gasteiger partial charge in [-0.1, -0.05) is 6.07 Å². The lowest BCUT2D eigenvalue weighted by Crippen LogP contribution is -2.10. The highest BCUT2D eigenvalue weighted by Gasteiger charge is 2.02. The number of hydrogen-bond acceptors (Lipinski definition) is 4. The van der Waals surface area contributed by atoms with Crippen molar-refractivity contribution in [3.63, 3.8) is 0 Å². The SMILES string of the molecule is Cc1cc(N(C)C)ccc1CNc1ncccn1. The zero-order valence-electron chi connectivity index (χ0n) is 11.0. The smallest absolute Gasteiger partial charge is 0.222 e. The standard InChI is InChI=1S/C14H18N4/c1-11-9-13(18(2)3)6-5-12(11)10-17-14-15-7-4-8-16-14/h4-9H,10H2,1-3H3,(H,15,16,17). The minimum absolute atomic E-state index is 0.661. The van der Waals surface area contributed by atoms with E-state index in [9.17, 15) is 0 Å². The topological polar surface area (TPSA) is 41.0 Å². The molecule has 0 saturated heterocycles. The third kappa shape index (κ3) is 2.97. The van der Waals surface area contributed by atoms with Crippen molar-refractivity contribution < 1.29 is 0 Å². The molecule has 4 nitrogen and oxygen atoms in total. The second kappa shape index (κ2) is 5.49. The van der Waals surface area contributed by atoms with E-state index in [0.717, 1.165) is 6.54 Å². The van der Waals surface area contributed by atoms with Gasteiger partial charge in [0, 0.05) is 38.7 Å². The van der Waals surface area contributed by atoms with Crippen molar-refractivity contribution in [2.24, 2.45) is 0 Å². The number of hydrogen-bond donors (Lipinski definition) is 1. The van der Waals surface area contributed by atoms with Crippen LogP contribution in [-0.4, -0.2) is 24.1 Å². The second-order valence-corrected chi connectivity index (χ2v) is 4.43. The van der Waals surface area contributed by atoms with E-state index in [1.165, 1.54) is 16.8 Å². The van der Waals surface area contributed by atoms with E-state index in [4.69, 9.17) is 0 Å². The number of aromatic nitrogens is 2. The molecule has 0 fully saturated rings. The lowest BCUT2D eigenvalue weighted by molar-refractivity contribution is 1.04.